The van der Waals surface area contributed by atoms with Crippen molar-refractivity contribution in [3.05, 3.63) is 118 Å². The molecule has 3 nitrogen and oxygen atoms in total. The van der Waals surface area contributed by atoms with Gasteiger partial charge in [0.1, 0.15) is 16.1 Å². The summed E-state index contributed by atoms with van der Waals surface area (Å²) in [5, 5.41) is 20.8. The Morgan fingerprint density at radius 3 is 1.39 bits per heavy atom. The summed E-state index contributed by atoms with van der Waals surface area (Å²) in [7, 11) is -0.212. The highest BCUT2D eigenvalue weighted by molar-refractivity contribution is 6.91. The van der Waals surface area contributed by atoms with Crippen LogP contribution < -0.4 is 4.90 Å². The second kappa shape index (κ2) is 19.6. The van der Waals surface area contributed by atoms with Crippen molar-refractivity contribution in [3.8, 4) is 58.7 Å². The highest BCUT2D eigenvalue weighted by Gasteiger charge is 2.48. The predicted molar refractivity (Wildman–Crippen MR) is 257 cm³/mol. The summed E-state index contributed by atoms with van der Waals surface area (Å²) in [6.07, 6.45) is 11.7. The molecule has 0 bridgehead atoms. The lowest BCUT2D eigenvalue weighted by Crippen LogP contribution is -2.43. The molecule has 0 spiro atoms. The van der Waals surface area contributed by atoms with Gasteiger partial charge in [0.2, 0.25) is 0 Å². The van der Waals surface area contributed by atoms with E-state index in [1.807, 2.05) is 74.8 Å². The van der Waals surface area contributed by atoms with Crippen LogP contribution in [-0.2, 0) is 0 Å². The number of nitriles is 2. The number of hydrogen-bond donors (Lipinski definition) is 0. The maximum absolute atomic E-state index is 10.4. The number of hydrogen-bond acceptors (Lipinski definition) is 3. The SMILES string of the molecule is CC(C)[Si](C#C/C(C#Cc1ccc(C2=CC3=CC=CC=CC3C2(C#N)C#N)cc1)=C(\C#Cc1ccc(N(C)C)cc1)C#C[Si](C(C)C)(C(C)C)C(C)C)(C(C)C)C(C)C. The maximum Gasteiger partial charge on any atom is 0.179 e. The number of fused-ring (bicyclic) bond motifs is 1. The molecule has 0 radical (unpaired) electrons. The van der Waals surface area contributed by atoms with Gasteiger partial charge < -0.3 is 4.90 Å². The molecule has 2 aromatic carbocycles. The highest BCUT2D eigenvalue weighted by atomic mass is 28.3. The van der Waals surface area contributed by atoms with Gasteiger partial charge in [0.05, 0.1) is 23.3 Å². The van der Waals surface area contributed by atoms with Crippen molar-refractivity contribution in [3.63, 3.8) is 0 Å². The maximum atomic E-state index is 10.4. The largest absolute Gasteiger partial charge is 0.378 e. The summed E-state index contributed by atoms with van der Waals surface area (Å²) in [5.74, 6) is 21.0. The molecule has 4 rings (SSSR count). The van der Waals surface area contributed by atoms with Crippen LogP contribution in [0, 0.1) is 80.6 Å². The molecule has 0 saturated carbocycles. The topological polar surface area (TPSA) is 50.8 Å². The van der Waals surface area contributed by atoms with Gasteiger partial charge in [0.25, 0.3) is 0 Å². The molecule has 0 heterocycles. The second-order valence-electron chi connectivity index (χ2n) is 18.1. The molecule has 0 saturated heterocycles. The van der Waals surface area contributed by atoms with Crippen molar-refractivity contribution in [2.75, 3.05) is 19.0 Å². The highest BCUT2D eigenvalue weighted by Crippen LogP contribution is 2.52. The summed E-state index contributed by atoms with van der Waals surface area (Å²) in [6.45, 7) is 28.0. The van der Waals surface area contributed by atoms with Crippen LogP contribution in [0.5, 0.6) is 0 Å². The first-order valence-corrected chi connectivity index (χ1v) is 25.7. The zero-order chi connectivity index (χ0) is 43.7. The minimum absolute atomic E-state index is 0.332. The minimum atomic E-state index is -2.15. The Labute approximate surface area is 360 Å². The third-order valence-electron chi connectivity index (χ3n) is 12.8. The standard InChI is InChI=1S/C54H63N3Si2/c1-39(2)58(40(3)4,41(5)6)34-32-47(26-20-45-22-28-49(29-23-45)53-36-50-18-16-15-17-19-52(50)54(53,37-55)38-56)48(27-21-46-24-30-51(31-25-46)57(13)14)33-35-59(42(7)8,43(9)10)44(11)12/h15-19,22-25,28-31,36,39-44,52H,1-14H3/b48-47+. The monoisotopic (exact) mass is 809 g/mol. The van der Waals surface area contributed by atoms with Crippen LogP contribution in [0.15, 0.2) is 102 Å². The second-order valence-corrected chi connectivity index (χ2v) is 29.2. The Hall–Kier alpha value is -5.41. The van der Waals surface area contributed by atoms with Crippen LogP contribution in [0.1, 0.15) is 99.8 Å². The molecule has 0 aromatic heterocycles. The van der Waals surface area contributed by atoms with Gasteiger partial charge in [0.15, 0.2) is 5.41 Å². The van der Waals surface area contributed by atoms with Crippen LogP contribution in [0.3, 0.4) is 0 Å². The molecule has 0 aliphatic heterocycles. The Morgan fingerprint density at radius 2 is 1.00 bits per heavy atom. The van der Waals surface area contributed by atoms with Crippen LogP contribution in [-0.4, -0.2) is 30.2 Å². The number of benzene rings is 2. The van der Waals surface area contributed by atoms with Gasteiger partial charge in [-0.15, -0.1) is 11.1 Å². The number of rotatable bonds is 8. The molecule has 2 aliphatic carbocycles. The predicted octanol–water partition coefficient (Wildman–Crippen LogP) is 13.0. The molecule has 0 N–H and O–H groups in total. The quantitative estimate of drug-likeness (QED) is 0.197. The Kier molecular flexibility index (Phi) is 15.3. The molecular weight excluding hydrogens is 747 g/mol. The van der Waals surface area contributed by atoms with E-state index < -0.39 is 21.6 Å². The summed E-state index contributed by atoms with van der Waals surface area (Å²) < 4.78 is 0. The van der Waals surface area contributed by atoms with E-state index in [9.17, 15) is 10.5 Å². The number of nitrogens with zero attached hydrogens (tertiary/aromatic N) is 3. The van der Waals surface area contributed by atoms with E-state index in [4.69, 9.17) is 0 Å². The van der Waals surface area contributed by atoms with E-state index in [1.54, 1.807) is 0 Å². The molecule has 1 unspecified atom stereocenters. The van der Waals surface area contributed by atoms with Crippen molar-refractivity contribution < 1.29 is 0 Å². The van der Waals surface area contributed by atoms with E-state index in [0.717, 1.165) is 28.0 Å². The van der Waals surface area contributed by atoms with Gasteiger partial charge in [-0.25, -0.2) is 0 Å². The fourth-order valence-electron chi connectivity index (χ4n) is 9.56. The van der Waals surface area contributed by atoms with E-state index in [0.29, 0.717) is 50.0 Å². The van der Waals surface area contributed by atoms with Crippen LogP contribution in [0.25, 0.3) is 5.57 Å². The fourth-order valence-corrected chi connectivity index (χ4v) is 20.0. The minimum Gasteiger partial charge on any atom is -0.378 e. The molecule has 302 valence electrons. The molecule has 1 atom stereocenters. The lowest BCUT2D eigenvalue weighted by Gasteiger charge is -2.38. The Morgan fingerprint density at radius 1 is 0.576 bits per heavy atom. The van der Waals surface area contributed by atoms with Crippen molar-refractivity contribution in [1.29, 1.82) is 10.5 Å². The fraction of sp³-hybridized carbons (Fsp3) is 0.407. The number of allylic oxidation sites excluding steroid dienone is 10. The molecular formula is C54H63N3Si2. The first-order valence-electron chi connectivity index (χ1n) is 21.2. The summed E-state index contributed by atoms with van der Waals surface area (Å²) in [4.78, 5) is 2.08. The molecule has 2 aliphatic rings. The van der Waals surface area contributed by atoms with Gasteiger partial charge in [-0.05, 0) is 86.4 Å². The van der Waals surface area contributed by atoms with Crippen molar-refractivity contribution in [2.24, 2.45) is 11.3 Å². The van der Waals surface area contributed by atoms with Crippen molar-refractivity contribution in [1.82, 2.24) is 0 Å². The van der Waals surface area contributed by atoms with Crippen molar-refractivity contribution >= 4 is 27.4 Å². The van der Waals surface area contributed by atoms with E-state index in [2.05, 4.69) is 171 Å². The molecule has 0 fully saturated rings. The summed E-state index contributed by atoms with van der Waals surface area (Å²) in [5.41, 5.74) is 15.9. The first-order chi connectivity index (χ1) is 27.9. The average molecular weight is 810 g/mol. The number of anilines is 1. The zero-order valence-corrected chi connectivity index (χ0v) is 40.0. The van der Waals surface area contributed by atoms with E-state index in [1.165, 1.54) is 0 Å². The van der Waals surface area contributed by atoms with E-state index in [-0.39, 0.29) is 5.92 Å². The van der Waals surface area contributed by atoms with Crippen LogP contribution in [0.4, 0.5) is 5.69 Å². The first kappa shape index (κ1) is 46.3. The molecule has 5 heteroatoms. The van der Waals surface area contributed by atoms with Gasteiger partial charge in [-0.3, -0.25) is 0 Å². The van der Waals surface area contributed by atoms with Gasteiger partial charge in [-0.2, -0.15) is 10.5 Å². The van der Waals surface area contributed by atoms with Gasteiger partial charge in [-0.1, -0.05) is 167 Å². The molecule has 2 aromatic rings. The Balaban J connectivity index is 2.02. The van der Waals surface area contributed by atoms with Crippen LogP contribution >= 0.6 is 0 Å². The molecule has 59 heavy (non-hydrogen) atoms. The lowest BCUT2D eigenvalue weighted by atomic mass is 9.73. The lowest BCUT2D eigenvalue weighted by molar-refractivity contribution is 0.578. The van der Waals surface area contributed by atoms with Gasteiger partial charge >= 0.3 is 0 Å². The van der Waals surface area contributed by atoms with Gasteiger partial charge in [0, 0.05) is 36.8 Å². The third kappa shape index (κ3) is 9.57. The normalized spacial score (nSPS) is 15.9. The Bertz CT molecular complexity index is 2310. The molecule has 0 amide bonds. The van der Waals surface area contributed by atoms with E-state index >= 15 is 0 Å². The van der Waals surface area contributed by atoms with Crippen LogP contribution in [0.2, 0.25) is 33.2 Å². The summed E-state index contributed by atoms with van der Waals surface area (Å²) >= 11 is 0. The zero-order valence-electron chi connectivity index (χ0n) is 38.0. The smallest absolute Gasteiger partial charge is 0.179 e. The third-order valence-corrected chi connectivity index (χ3v) is 25.3. The average Bonchev–Trinajstić information content (AvgIpc) is 3.30. The summed E-state index contributed by atoms with van der Waals surface area (Å²) in [6, 6.07) is 20.9. The van der Waals surface area contributed by atoms with Crippen molar-refractivity contribution in [2.45, 2.75) is 116 Å².